The van der Waals surface area contributed by atoms with Gasteiger partial charge >= 0.3 is 11.9 Å². The van der Waals surface area contributed by atoms with Crippen LogP contribution in [0, 0.1) is 5.41 Å². The summed E-state index contributed by atoms with van der Waals surface area (Å²) in [5.41, 5.74) is 11.1. The van der Waals surface area contributed by atoms with Gasteiger partial charge in [-0.05, 0) is 47.0 Å². The van der Waals surface area contributed by atoms with Crippen molar-refractivity contribution in [1.82, 2.24) is 10.6 Å². The quantitative estimate of drug-likeness (QED) is 0.114. The van der Waals surface area contributed by atoms with E-state index in [1.165, 1.54) is 0 Å². The van der Waals surface area contributed by atoms with E-state index in [-0.39, 0.29) is 57.0 Å². The number of nitrogens with two attached hydrogens (primary N) is 2. The van der Waals surface area contributed by atoms with Gasteiger partial charge in [-0.2, -0.15) is 0 Å². The average molecular weight is 514 g/mol. The monoisotopic (exact) mass is 513 g/mol. The van der Waals surface area contributed by atoms with Gasteiger partial charge in [-0.3, -0.25) is 24.0 Å². The second-order valence-corrected chi connectivity index (χ2v) is 8.73. The molecule has 0 radical (unpaired) electrons. The average Bonchev–Trinajstić information content (AvgIpc) is 2.80. The zero-order valence-electron chi connectivity index (χ0n) is 21.3. The van der Waals surface area contributed by atoms with E-state index < -0.39 is 53.8 Å². The van der Waals surface area contributed by atoms with Crippen molar-refractivity contribution in [2.75, 3.05) is 6.54 Å². The van der Waals surface area contributed by atoms with Crippen molar-refractivity contribution in [2.45, 2.75) is 96.6 Å². The molecule has 36 heavy (non-hydrogen) atoms. The Morgan fingerprint density at radius 3 is 1.89 bits per heavy atom. The third-order valence-electron chi connectivity index (χ3n) is 4.72. The van der Waals surface area contributed by atoms with E-state index in [0.717, 1.165) is 0 Å². The molecule has 0 aliphatic carbocycles. The predicted molar refractivity (Wildman–Crippen MR) is 130 cm³/mol. The maximum atomic E-state index is 13.0. The summed E-state index contributed by atoms with van der Waals surface area (Å²) in [6.07, 6.45) is -0.999. The molecule has 0 aromatic carbocycles. The van der Waals surface area contributed by atoms with Gasteiger partial charge in [0.25, 0.3) is 0 Å². The SMILES string of the molecule is CC(C)OC(=O)C(N)CCC(=O)NC(CCC(=O)CN)C(=O)NC(CCC(=O)C=N)C(=O)OC(C)C. The van der Waals surface area contributed by atoms with Gasteiger partial charge in [-0.25, -0.2) is 4.79 Å². The fourth-order valence-electron chi connectivity index (χ4n) is 2.86. The number of ether oxygens (including phenoxy) is 2. The molecule has 0 heterocycles. The van der Waals surface area contributed by atoms with E-state index in [1.807, 2.05) is 0 Å². The molecule has 13 heteroatoms. The van der Waals surface area contributed by atoms with Gasteiger partial charge in [0, 0.05) is 19.3 Å². The Labute approximate surface area is 210 Å². The highest BCUT2D eigenvalue weighted by Gasteiger charge is 2.29. The molecule has 0 fully saturated rings. The molecule has 3 atom stereocenters. The fourth-order valence-corrected chi connectivity index (χ4v) is 2.86. The number of ketones is 2. The van der Waals surface area contributed by atoms with E-state index in [1.54, 1.807) is 27.7 Å². The molecule has 0 aromatic rings. The molecule has 0 rings (SSSR count). The summed E-state index contributed by atoms with van der Waals surface area (Å²) >= 11 is 0. The number of hydrogen-bond donors (Lipinski definition) is 5. The van der Waals surface area contributed by atoms with Crippen molar-refractivity contribution in [3.63, 3.8) is 0 Å². The Morgan fingerprint density at radius 2 is 1.36 bits per heavy atom. The van der Waals surface area contributed by atoms with Crippen LogP contribution in [0.3, 0.4) is 0 Å². The van der Waals surface area contributed by atoms with Gasteiger partial charge in [-0.15, -0.1) is 0 Å². The lowest BCUT2D eigenvalue weighted by Crippen LogP contribution is -2.52. The highest BCUT2D eigenvalue weighted by Crippen LogP contribution is 2.07. The summed E-state index contributed by atoms with van der Waals surface area (Å²) in [4.78, 5) is 72.9. The van der Waals surface area contributed by atoms with Crippen molar-refractivity contribution in [1.29, 1.82) is 5.41 Å². The molecule has 0 saturated heterocycles. The van der Waals surface area contributed by atoms with Crippen LogP contribution in [0.4, 0.5) is 0 Å². The van der Waals surface area contributed by atoms with Crippen LogP contribution in [0.1, 0.15) is 66.2 Å². The van der Waals surface area contributed by atoms with E-state index in [2.05, 4.69) is 10.6 Å². The zero-order chi connectivity index (χ0) is 27.8. The lowest BCUT2D eigenvalue weighted by molar-refractivity contribution is -0.152. The Balaban J connectivity index is 5.37. The molecule has 0 bridgehead atoms. The molecule has 0 saturated carbocycles. The van der Waals surface area contributed by atoms with Crippen molar-refractivity contribution in [3.05, 3.63) is 0 Å². The first-order valence-electron chi connectivity index (χ1n) is 11.8. The standard InChI is InChI=1S/C23H39N5O8/c1-13(2)35-22(33)17(26)7-10-20(31)27-18(8-5-15(29)11-24)21(32)28-19(9-6-16(30)12-25)23(34)36-14(3)4/h12-14,17-19,25H,5-11,24,26H2,1-4H3,(H,27,31)(H,28,32). The minimum Gasteiger partial charge on any atom is -0.462 e. The molecular formula is C23H39N5O8. The van der Waals surface area contributed by atoms with Crippen molar-refractivity contribution in [3.8, 4) is 0 Å². The van der Waals surface area contributed by atoms with E-state index >= 15 is 0 Å². The first kappa shape index (κ1) is 32.8. The summed E-state index contributed by atoms with van der Waals surface area (Å²) in [5, 5.41) is 11.9. The molecule has 0 aromatic heterocycles. The van der Waals surface area contributed by atoms with Crippen molar-refractivity contribution < 1.29 is 38.2 Å². The van der Waals surface area contributed by atoms with Gasteiger partial charge < -0.3 is 37.0 Å². The summed E-state index contributed by atoms with van der Waals surface area (Å²) in [7, 11) is 0. The second-order valence-electron chi connectivity index (χ2n) is 8.73. The zero-order valence-corrected chi connectivity index (χ0v) is 21.3. The number of carbonyl (C=O) groups excluding carboxylic acids is 6. The topological polar surface area (TPSA) is 221 Å². The molecule has 0 spiro atoms. The van der Waals surface area contributed by atoms with Crippen molar-refractivity contribution >= 4 is 41.5 Å². The number of rotatable bonds is 18. The van der Waals surface area contributed by atoms with Gasteiger partial charge in [0.15, 0.2) is 5.78 Å². The number of hydrogen-bond acceptors (Lipinski definition) is 11. The Kier molecular flexibility index (Phi) is 15.7. The maximum absolute atomic E-state index is 13.0. The van der Waals surface area contributed by atoms with Crippen LogP contribution < -0.4 is 22.1 Å². The third kappa shape index (κ3) is 14.3. The first-order chi connectivity index (χ1) is 16.8. The predicted octanol–water partition coefficient (Wildman–Crippen LogP) is -0.726. The van der Waals surface area contributed by atoms with Crippen LogP contribution in [-0.4, -0.2) is 78.4 Å². The maximum Gasteiger partial charge on any atom is 0.328 e. The number of esters is 2. The molecule has 0 aliphatic rings. The van der Waals surface area contributed by atoms with Gasteiger partial charge in [0.2, 0.25) is 11.8 Å². The summed E-state index contributed by atoms with van der Waals surface area (Å²) in [6, 6.07) is -3.46. The Hall–Kier alpha value is -3.19. The first-order valence-corrected chi connectivity index (χ1v) is 11.8. The highest BCUT2D eigenvalue weighted by atomic mass is 16.5. The summed E-state index contributed by atoms with van der Waals surface area (Å²) in [6.45, 7) is 6.30. The number of Topliss-reactive ketones (excluding diaryl/α,β-unsaturated/α-hetero) is 2. The van der Waals surface area contributed by atoms with Crippen LogP contribution in [0.25, 0.3) is 0 Å². The van der Waals surface area contributed by atoms with E-state index in [0.29, 0.717) is 6.21 Å². The molecule has 204 valence electrons. The van der Waals surface area contributed by atoms with Gasteiger partial charge in [0.1, 0.15) is 23.9 Å². The minimum absolute atomic E-state index is 0.0392. The smallest absolute Gasteiger partial charge is 0.328 e. The minimum atomic E-state index is -1.22. The van der Waals surface area contributed by atoms with E-state index in [9.17, 15) is 28.8 Å². The highest BCUT2D eigenvalue weighted by molar-refractivity contribution is 6.26. The largest absolute Gasteiger partial charge is 0.462 e. The normalized spacial score (nSPS) is 13.3. The van der Waals surface area contributed by atoms with Crippen LogP contribution in [0.2, 0.25) is 0 Å². The molecule has 7 N–H and O–H groups in total. The van der Waals surface area contributed by atoms with E-state index in [4.69, 9.17) is 26.4 Å². The number of amides is 2. The van der Waals surface area contributed by atoms with Gasteiger partial charge in [-0.1, -0.05) is 0 Å². The molecular weight excluding hydrogens is 474 g/mol. The van der Waals surface area contributed by atoms with Crippen LogP contribution in [0.5, 0.6) is 0 Å². The molecule has 0 aliphatic heterocycles. The molecule has 2 amide bonds. The van der Waals surface area contributed by atoms with Gasteiger partial charge in [0.05, 0.1) is 25.0 Å². The Morgan fingerprint density at radius 1 is 0.806 bits per heavy atom. The number of nitrogens with one attached hydrogen (secondary N) is 3. The van der Waals surface area contributed by atoms with Crippen LogP contribution in [-0.2, 0) is 38.2 Å². The summed E-state index contributed by atoms with van der Waals surface area (Å²) in [5.74, 6) is -3.71. The summed E-state index contributed by atoms with van der Waals surface area (Å²) < 4.78 is 10.1. The second kappa shape index (κ2) is 17.3. The molecule has 13 nitrogen and oxygen atoms in total. The lowest BCUT2D eigenvalue weighted by Gasteiger charge is -2.23. The Bertz CT molecular complexity index is 799. The third-order valence-corrected chi connectivity index (χ3v) is 4.72. The van der Waals surface area contributed by atoms with Crippen molar-refractivity contribution in [2.24, 2.45) is 11.5 Å². The van der Waals surface area contributed by atoms with Crippen LogP contribution >= 0.6 is 0 Å². The number of carbonyl (C=O) groups is 6. The lowest BCUT2D eigenvalue weighted by atomic mass is 10.0. The molecule has 3 unspecified atom stereocenters. The van der Waals surface area contributed by atoms with Crippen LogP contribution in [0.15, 0.2) is 0 Å². The fraction of sp³-hybridized carbons (Fsp3) is 0.696.